The molecular formula is C30H36N2O3. The molecule has 0 heterocycles. The first-order valence-electron chi connectivity index (χ1n) is 12.4. The van der Waals surface area contributed by atoms with Crippen LogP contribution in [0.1, 0.15) is 55.7 Å². The number of carboxylic acid groups (broad SMARTS) is 1. The maximum absolute atomic E-state index is 12.5. The normalized spacial score (nSPS) is 10.7. The Hall–Kier alpha value is -3.60. The number of hydrogen-bond donors (Lipinski definition) is 2. The Bertz CT molecular complexity index is 1110. The summed E-state index contributed by atoms with van der Waals surface area (Å²) in [6, 6.07) is 24.6. The summed E-state index contributed by atoms with van der Waals surface area (Å²) in [5.74, 6) is -0.620. The molecule has 3 aromatic carbocycles. The number of carbonyl (C=O) groups is 2. The molecule has 3 rings (SSSR count). The van der Waals surface area contributed by atoms with E-state index in [2.05, 4.69) is 54.7 Å². The molecule has 0 radical (unpaired) electrons. The fourth-order valence-electron chi connectivity index (χ4n) is 4.11. The summed E-state index contributed by atoms with van der Waals surface area (Å²) >= 11 is 0. The van der Waals surface area contributed by atoms with E-state index in [0.29, 0.717) is 25.9 Å². The zero-order valence-electron chi connectivity index (χ0n) is 20.8. The number of unbranched alkanes of at least 4 members (excludes halogenated alkanes) is 2. The number of hydrogen-bond acceptors (Lipinski definition) is 3. The number of nitrogens with zero attached hydrogens (tertiary/aromatic N) is 1. The molecule has 0 unspecified atom stereocenters. The first-order chi connectivity index (χ1) is 17.0. The van der Waals surface area contributed by atoms with Gasteiger partial charge in [-0.15, -0.1) is 0 Å². The highest BCUT2D eigenvalue weighted by molar-refractivity contribution is 5.79. The van der Waals surface area contributed by atoms with Crippen molar-refractivity contribution in [1.29, 1.82) is 0 Å². The van der Waals surface area contributed by atoms with Crippen molar-refractivity contribution in [2.24, 2.45) is 0 Å². The Morgan fingerprint density at radius 2 is 1.63 bits per heavy atom. The van der Waals surface area contributed by atoms with Gasteiger partial charge in [0.05, 0.1) is 0 Å². The summed E-state index contributed by atoms with van der Waals surface area (Å²) in [5.41, 5.74) is 6.33. The maximum Gasteiger partial charge on any atom is 0.303 e. The fourth-order valence-corrected chi connectivity index (χ4v) is 4.11. The van der Waals surface area contributed by atoms with Gasteiger partial charge in [0.2, 0.25) is 5.91 Å². The molecule has 0 atom stereocenters. The van der Waals surface area contributed by atoms with Gasteiger partial charge in [0.1, 0.15) is 0 Å². The van der Waals surface area contributed by atoms with Gasteiger partial charge >= 0.3 is 5.97 Å². The van der Waals surface area contributed by atoms with Crippen LogP contribution < -0.4 is 5.32 Å². The van der Waals surface area contributed by atoms with Crippen LogP contribution in [0.3, 0.4) is 0 Å². The number of aliphatic carboxylic acids is 1. The smallest absolute Gasteiger partial charge is 0.303 e. The lowest BCUT2D eigenvalue weighted by atomic mass is 9.98. The second kappa shape index (κ2) is 13.3. The Kier molecular flexibility index (Phi) is 9.91. The molecule has 2 N–H and O–H groups in total. The summed E-state index contributed by atoms with van der Waals surface area (Å²) in [7, 11) is 1.87. The van der Waals surface area contributed by atoms with Crippen LogP contribution in [0.15, 0.2) is 72.8 Å². The average Bonchev–Trinajstić information content (AvgIpc) is 2.87. The molecule has 5 heteroatoms. The third-order valence-electron chi connectivity index (χ3n) is 6.11. The number of aryl methyl sites for hydroxylation is 1. The van der Waals surface area contributed by atoms with Crippen molar-refractivity contribution < 1.29 is 14.7 Å². The molecule has 0 aliphatic heterocycles. The quantitative estimate of drug-likeness (QED) is 0.278. The molecule has 0 fully saturated rings. The highest BCUT2D eigenvalue weighted by Gasteiger charge is 2.12. The van der Waals surface area contributed by atoms with Crippen LogP contribution in [0.5, 0.6) is 0 Å². The lowest BCUT2D eigenvalue weighted by Gasteiger charge is -2.19. The summed E-state index contributed by atoms with van der Waals surface area (Å²) < 4.78 is 0. The molecule has 0 aromatic heterocycles. The molecule has 0 spiro atoms. The van der Waals surface area contributed by atoms with Crippen LogP contribution in [0, 0.1) is 0 Å². The minimum Gasteiger partial charge on any atom is -0.481 e. The highest BCUT2D eigenvalue weighted by atomic mass is 16.4. The molecule has 0 saturated carbocycles. The summed E-state index contributed by atoms with van der Waals surface area (Å²) in [5, 5.41) is 12.6. The monoisotopic (exact) mass is 472 g/mol. The summed E-state index contributed by atoms with van der Waals surface area (Å²) in [6.45, 7) is 3.38. The number of benzene rings is 3. The second-order valence-corrected chi connectivity index (χ2v) is 9.02. The van der Waals surface area contributed by atoms with Crippen LogP contribution in [-0.2, 0) is 29.1 Å². The third-order valence-corrected chi connectivity index (χ3v) is 6.11. The maximum atomic E-state index is 12.5. The van der Waals surface area contributed by atoms with Gasteiger partial charge in [-0.05, 0) is 47.2 Å². The summed E-state index contributed by atoms with van der Waals surface area (Å²) in [4.78, 5) is 25.3. The largest absolute Gasteiger partial charge is 0.481 e. The van der Waals surface area contributed by atoms with Crippen LogP contribution in [-0.4, -0.2) is 28.9 Å². The molecule has 1 amide bonds. The predicted molar refractivity (Wildman–Crippen MR) is 142 cm³/mol. The molecule has 184 valence electrons. The van der Waals surface area contributed by atoms with E-state index in [1.807, 2.05) is 37.4 Å². The van der Waals surface area contributed by atoms with E-state index in [9.17, 15) is 9.59 Å². The fraction of sp³-hybridized carbons (Fsp3) is 0.333. The van der Waals surface area contributed by atoms with Crippen molar-refractivity contribution in [3.63, 3.8) is 0 Å². The lowest BCUT2D eigenvalue weighted by molar-refractivity contribution is -0.137. The van der Waals surface area contributed by atoms with Gasteiger partial charge in [0, 0.05) is 44.2 Å². The van der Waals surface area contributed by atoms with Crippen molar-refractivity contribution in [2.45, 2.75) is 58.5 Å². The molecule has 0 aliphatic rings. The average molecular weight is 473 g/mol. The van der Waals surface area contributed by atoms with E-state index in [0.717, 1.165) is 47.2 Å². The van der Waals surface area contributed by atoms with Crippen LogP contribution >= 0.6 is 0 Å². The number of nitrogens with one attached hydrogen (secondary N) is 1. The van der Waals surface area contributed by atoms with E-state index in [1.165, 1.54) is 5.56 Å². The zero-order chi connectivity index (χ0) is 25.0. The molecule has 0 saturated heterocycles. The van der Waals surface area contributed by atoms with Crippen molar-refractivity contribution >= 4 is 17.6 Å². The Labute approximate surface area is 208 Å². The van der Waals surface area contributed by atoms with Crippen LogP contribution in [0.4, 0.5) is 5.69 Å². The Morgan fingerprint density at radius 3 is 2.37 bits per heavy atom. The molecule has 0 bridgehead atoms. The number of amides is 1. The summed E-state index contributed by atoms with van der Waals surface area (Å²) in [6.07, 6.45) is 4.30. The van der Waals surface area contributed by atoms with Gasteiger partial charge in [0.25, 0.3) is 0 Å². The van der Waals surface area contributed by atoms with Crippen molar-refractivity contribution in [1.82, 2.24) is 4.90 Å². The number of anilines is 1. The number of carbonyl (C=O) groups excluding carboxylic acids is 1. The van der Waals surface area contributed by atoms with Gasteiger partial charge in [-0.2, -0.15) is 0 Å². The zero-order valence-corrected chi connectivity index (χ0v) is 20.8. The van der Waals surface area contributed by atoms with Crippen molar-refractivity contribution in [3.05, 3.63) is 89.5 Å². The van der Waals surface area contributed by atoms with Gasteiger partial charge in [-0.1, -0.05) is 80.4 Å². The SMILES string of the molecule is CCCCCC(=O)N(C)Cc1cccc(-c2ccc(CCC(=O)O)cc2NCc2ccccc2)c1. The first-order valence-corrected chi connectivity index (χ1v) is 12.4. The van der Waals surface area contributed by atoms with E-state index in [-0.39, 0.29) is 12.3 Å². The van der Waals surface area contributed by atoms with Gasteiger partial charge in [0.15, 0.2) is 0 Å². The van der Waals surface area contributed by atoms with Crippen molar-refractivity contribution in [2.75, 3.05) is 12.4 Å². The Balaban J connectivity index is 1.81. The van der Waals surface area contributed by atoms with E-state index < -0.39 is 5.97 Å². The van der Waals surface area contributed by atoms with Gasteiger partial charge in [-0.3, -0.25) is 9.59 Å². The highest BCUT2D eigenvalue weighted by Crippen LogP contribution is 2.31. The molecule has 35 heavy (non-hydrogen) atoms. The Morgan fingerprint density at radius 1 is 0.857 bits per heavy atom. The molecule has 0 aliphatic carbocycles. The topological polar surface area (TPSA) is 69.6 Å². The predicted octanol–water partition coefficient (Wildman–Crippen LogP) is 6.52. The number of rotatable bonds is 13. The van der Waals surface area contributed by atoms with E-state index >= 15 is 0 Å². The van der Waals surface area contributed by atoms with Crippen molar-refractivity contribution in [3.8, 4) is 11.1 Å². The van der Waals surface area contributed by atoms with Gasteiger partial charge < -0.3 is 15.3 Å². The number of carboxylic acids is 1. The molecule has 5 nitrogen and oxygen atoms in total. The minimum absolute atomic E-state index is 0.103. The van der Waals surface area contributed by atoms with Crippen LogP contribution in [0.25, 0.3) is 11.1 Å². The van der Waals surface area contributed by atoms with E-state index in [1.54, 1.807) is 4.90 Å². The molecule has 3 aromatic rings. The van der Waals surface area contributed by atoms with E-state index in [4.69, 9.17) is 5.11 Å². The first kappa shape index (κ1) is 26.0. The standard InChI is InChI=1S/C30H36N2O3/c1-3-4-6-14-29(33)32(2)22-25-12-9-13-26(19-25)27-17-15-23(16-18-30(34)35)20-28(27)31-21-24-10-7-5-8-11-24/h5,7-13,15,17,19-20,31H,3-4,6,14,16,18,21-22H2,1-2H3,(H,34,35). The van der Waals surface area contributed by atoms with Crippen LogP contribution in [0.2, 0.25) is 0 Å². The second-order valence-electron chi connectivity index (χ2n) is 9.02. The van der Waals surface area contributed by atoms with Gasteiger partial charge in [-0.25, -0.2) is 0 Å². The minimum atomic E-state index is -0.797. The molecular weight excluding hydrogens is 436 g/mol. The lowest BCUT2D eigenvalue weighted by Crippen LogP contribution is -2.25. The third kappa shape index (κ3) is 8.29.